The van der Waals surface area contributed by atoms with E-state index in [-0.39, 0.29) is 0 Å². The highest BCUT2D eigenvalue weighted by molar-refractivity contribution is 6.23. The van der Waals surface area contributed by atoms with Crippen LogP contribution in [0.3, 0.4) is 0 Å². The topological polar surface area (TPSA) is 6.48 Å². The normalized spacial score (nSPS) is 11.2. The molecule has 0 saturated heterocycles. The molecule has 0 heterocycles. The molecule has 0 aliphatic carbocycles. The first-order valence-electron chi connectivity index (χ1n) is 23.8. The monoisotopic (exact) mass is 872 g/mol. The van der Waals surface area contributed by atoms with Crippen LogP contribution in [0.15, 0.2) is 267 Å². The Morgan fingerprint density at radius 2 is 0.353 bits per heavy atom. The molecular weight excluding hydrogens is 821 g/mol. The second-order valence-corrected chi connectivity index (χ2v) is 17.8. The third-order valence-electron chi connectivity index (χ3n) is 13.1. The summed E-state index contributed by atoms with van der Waals surface area (Å²) in [5.41, 5.74) is 17.1. The zero-order chi connectivity index (χ0) is 45.5. The van der Waals surface area contributed by atoms with E-state index in [2.05, 4.69) is 277 Å². The number of hydrogen-bond donors (Lipinski definition) is 0. The Morgan fingerprint density at radius 1 is 0.176 bits per heavy atom. The minimum atomic E-state index is 0.881. The second kappa shape index (κ2) is 19.6. The highest BCUT2D eigenvalue weighted by Crippen LogP contribution is 2.51. The standard InChI is InChI=1S/C66H52N2/c1-5-17-49(18-6-1)45-53-29-37-57(38-30-53)67(58-39-31-54(32-40-58)46-50-19-7-2-8-20-50)65-61-25-13-15-27-63(61)66(64-28-16-14-26-62(64)65)68(59-41-33-55(34-42-59)47-51-21-9-3-10-22-51)60-43-35-56(36-44-60)48-52-23-11-4-12-24-52/h1-44H,45-48H2. The van der Waals surface area contributed by atoms with Crippen molar-refractivity contribution in [2.24, 2.45) is 0 Å². The minimum absolute atomic E-state index is 0.881. The lowest BCUT2D eigenvalue weighted by Crippen LogP contribution is -2.15. The average molecular weight is 873 g/mol. The Kier molecular flexibility index (Phi) is 12.1. The Bertz CT molecular complexity index is 2930. The first-order valence-corrected chi connectivity index (χ1v) is 23.8. The molecule has 2 heteroatoms. The van der Waals surface area contributed by atoms with E-state index in [1.807, 2.05) is 0 Å². The molecule has 0 aliphatic rings. The van der Waals surface area contributed by atoms with E-state index in [9.17, 15) is 0 Å². The lowest BCUT2D eigenvalue weighted by atomic mass is 9.94. The van der Waals surface area contributed by atoms with Crippen LogP contribution in [0.4, 0.5) is 34.1 Å². The fourth-order valence-electron chi connectivity index (χ4n) is 9.76. The molecule has 11 aromatic rings. The van der Waals surface area contributed by atoms with Crippen molar-refractivity contribution in [1.29, 1.82) is 0 Å². The molecule has 0 aliphatic heterocycles. The zero-order valence-corrected chi connectivity index (χ0v) is 38.1. The Hall–Kier alpha value is -8.46. The van der Waals surface area contributed by atoms with Crippen LogP contribution in [0, 0.1) is 0 Å². The summed E-state index contributed by atoms with van der Waals surface area (Å²) in [6.07, 6.45) is 3.52. The van der Waals surface area contributed by atoms with Crippen molar-refractivity contribution in [3.05, 3.63) is 311 Å². The predicted molar refractivity (Wildman–Crippen MR) is 288 cm³/mol. The van der Waals surface area contributed by atoms with Crippen LogP contribution in [0.2, 0.25) is 0 Å². The molecule has 0 bridgehead atoms. The van der Waals surface area contributed by atoms with Crippen molar-refractivity contribution in [1.82, 2.24) is 0 Å². The van der Waals surface area contributed by atoms with Crippen LogP contribution in [-0.4, -0.2) is 0 Å². The summed E-state index contributed by atoms with van der Waals surface area (Å²) < 4.78 is 0. The molecular formula is C66H52N2. The van der Waals surface area contributed by atoms with Crippen LogP contribution in [-0.2, 0) is 25.7 Å². The van der Waals surface area contributed by atoms with Gasteiger partial charge in [0, 0.05) is 44.3 Å². The van der Waals surface area contributed by atoms with E-state index >= 15 is 0 Å². The maximum absolute atomic E-state index is 2.48. The van der Waals surface area contributed by atoms with Crippen LogP contribution in [0.25, 0.3) is 21.5 Å². The molecule has 0 spiro atoms. The maximum atomic E-state index is 2.48. The molecule has 0 aromatic heterocycles. The Morgan fingerprint density at radius 3 is 0.559 bits per heavy atom. The van der Waals surface area contributed by atoms with Gasteiger partial charge in [0.05, 0.1) is 11.4 Å². The summed E-state index contributed by atoms with van der Waals surface area (Å²) in [4.78, 5) is 4.96. The third kappa shape index (κ3) is 9.18. The van der Waals surface area contributed by atoms with E-state index < -0.39 is 0 Å². The smallest absolute Gasteiger partial charge is 0.0619 e. The van der Waals surface area contributed by atoms with E-state index in [0.29, 0.717) is 0 Å². The highest BCUT2D eigenvalue weighted by atomic mass is 15.2. The maximum Gasteiger partial charge on any atom is 0.0619 e. The summed E-state index contributed by atoms with van der Waals surface area (Å²) in [6.45, 7) is 0. The summed E-state index contributed by atoms with van der Waals surface area (Å²) in [7, 11) is 0. The quantitative estimate of drug-likeness (QED) is 0.0793. The Labute approximate surface area is 400 Å². The van der Waals surface area contributed by atoms with Gasteiger partial charge in [-0.1, -0.05) is 218 Å². The molecule has 11 aromatic carbocycles. The number of rotatable bonds is 14. The van der Waals surface area contributed by atoms with Crippen molar-refractivity contribution in [3.63, 3.8) is 0 Å². The van der Waals surface area contributed by atoms with Crippen LogP contribution < -0.4 is 9.80 Å². The number of anilines is 6. The van der Waals surface area contributed by atoms with Gasteiger partial charge in [-0.15, -0.1) is 0 Å². The second-order valence-electron chi connectivity index (χ2n) is 17.8. The van der Waals surface area contributed by atoms with E-state index in [1.54, 1.807) is 0 Å². The molecule has 11 rings (SSSR count). The summed E-state index contributed by atoms with van der Waals surface area (Å²) in [5.74, 6) is 0. The van der Waals surface area contributed by atoms with Crippen LogP contribution in [0.5, 0.6) is 0 Å². The SMILES string of the molecule is c1ccc(Cc2ccc(N(c3ccc(Cc4ccccc4)cc3)c3c4ccccc4c(N(c4ccc(Cc5ccccc5)cc4)c4ccc(Cc5ccccc5)cc4)c4ccccc34)cc2)cc1. The van der Waals surface area contributed by atoms with Gasteiger partial charge in [-0.2, -0.15) is 0 Å². The molecule has 0 radical (unpaired) electrons. The third-order valence-corrected chi connectivity index (χ3v) is 13.1. The van der Waals surface area contributed by atoms with Gasteiger partial charge in [-0.25, -0.2) is 0 Å². The summed E-state index contributed by atoms with van der Waals surface area (Å²) >= 11 is 0. The first kappa shape index (κ1) is 42.2. The van der Waals surface area contributed by atoms with Gasteiger partial charge >= 0.3 is 0 Å². The number of benzene rings is 11. The van der Waals surface area contributed by atoms with Gasteiger partial charge in [-0.05, 0) is 119 Å². The number of hydrogen-bond acceptors (Lipinski definition) is 2. The van der Waals surface area contributed by atoms with Gasteiger partial charge in [-0.3, -0.25) is 0 Å². The van der Waals surface area contributed by atoms with Crippen LogP contribution in [0.1, 0.15) is 44.5 Å². The summed E-state index contributed by atoms with van der Waals surface area (Å²) in [6, 6.07) is 97.7. The van der Waals surface area contributed by atoms with Crippen molar-refractivity contribution in [2.45, 2.75) is 25.7 Å². The van der Waals surface area contributed by atoms with Gasteiger partial charge in [0.1, 0.15) is 0 Å². The van der Waals surface area contributed by atoms with Crippen molar-refractivity contribution in [2.75, 3.05) is 9.80 Å². The lowest BCUT2D eigenvalue weighted by molar-refractivity contribution is 1.18. The Balaban J connectivity index is 1.08. The fraction of sp³-hybridized carbons (Fsp3) is 0.0606. The lowest BCUT2D eigenvalue weighted by Gasteiger charge is -2.33. The zero-order valence-electron chi connectivity index (χ0n) is 38.1. The first-order chi connectivity index (χ1) is 33.7. The predicted octanol–water partition coefficient (Wildman–Crippen LogP) is 17.3. The molecule has 2 nitrogen and oxygen atoms in total. The molecule has 68 heavy (non-hydrogen) atoms. The molecule has 326 valence electrons. The minimum Gasteiger partial charge on any atom is -0.309 e. The van der Waals surface area contributed by atoms with E-state index in [1.165, 1.54) is 66.1 Å². The molecule has 0 unspecified atom stereocenters. The van der Waals surface area contributed by atoms with Gasteiger partial charge in [0.25, 0.3) is 0 Å². The van der Waals surface area contributed by atoms with Crippen molar-refractivity contribution < 1.29 is 0 Å². The molecule has 0 fully saturated rings. The highest BCUT2D eigenvalue weighted by Gasteiger charge is 2.25. The van der Waals surface area contributed by atoms with Crippen LogP contribution >= 0.6 is 0 Å². The summed E-state index contributed by atoms with van der Waals surface area (Å²) in [5, 5.41) is 4.70. The molecule has 0 atom stereocenters. The van der Waals surface area contributed by atoms with Crippen molar-refractivity contribution in [3.8, 4) is 0 Å². The number of fused-ring (bicyclic) bond motifs is 2. The number of nitrogens with zero attached hydrogens (tertiary/aromatic N) is 2. The van der Waals surface area contributed by atoms with E-state index in [4.69, 9.17) is 0 Å². The van der Waals surface area contributed by atoms with Gasteiger partial charge in [0.2, 0.25) is 0 Å². The fourth-order valence-corrected chi connectivity index (χ4v) is 9.76. The molecule has 0 amide bonds. The largest absolute Gasteiger partial charge is 0.309 e. The average Bonchev–Trinajstić information content (AvgIpc) is 3.40. The van der Waals surface area contributed by atoms with Gasteiger partial charge < -0.3 is 9.80 Å². The molecule has 0 saturated carbocycles. The van der Waals surface area contributed by atoms with Gasteiger partial charge in [0.15, 0.2) is 0 Å². The molecule has 0 N–H and O–H groups in total. The van der Waals surface area contributed by atoms with Crippen molar-refractivity contribution >= 4 is 55.7 Å². The van der Waals surface area contributed by atoms with E-state index in [0.717, 1.165) is 59.8 Å².